The van der Waals surface area contributed by atoms with Gasteiger partial charge < -0.3 is 0 Å². The molecule has 0 rings (SSSR count). The van der Waals surface area contributed by atoms with E-state index in [0.29, 0.717) is 52.4 Å². The van der Waals surface area contributed by atoms with Gasteiger partial charge in [0.25, 0.3) is 0 Å². The molecule has 0 aromatic carbocycles. The third kappa shape index (κ3) is 24.0. The molecule has 0 spiro atoms. The molecule has 0 unspecified atom stereocenters. The first-order valence-electron chi connectivity index (χ1n) is 10.6. The molecule has 0 fully saturated rings. The third-order valence-corrected chi connectivity index (χ3v) is 3.06. The topological polar surface area (TPSA) is 124 Å². The number of rotatable bonds is 19. The van der Waals surface area contributed by atoms with Crippen LogP contribution in [-0.4, -0.2) is 65.4 Å². The Morgan fingerprint density at radius 2 is 0.778 bits per heavy atom. The van der Waals surface area contributed by atoms with Crippen molar-refractivity contribution in [3.63, 3.8) is 0 Å². The smallest absolute Gasteiger partial charge is 0.0812 e. The van der Waals surface area contributed by atoms with Crippen LogP contribution in [0.15, 0.2) is 51.1 Å². The zero-order valence-corrected chi connectivity index (χ0v) is 16.8. The van der Waals surface area contributed by atoms with Gasteiger partial charge in [0.05, 0.1) is 65.4 Å². The van der Waals surface area contributed by atoms with Crippen LogP contribution < -0.4 is 0 Å². The lowest BCUT2D eigenvalue weighted by Gasteiger charge is -1.93. The first kappa shape index (κ1) is 23.0. The molecule has 0 aliphatic heterocycles. The quantitative estimate of drug-likeness (QED) is 0.214. The third-order valence-electron chi connectivity index (χ3n) is 3.06. The second-order valence-electron chi connectivity index (χ2n) is 5.56. The van der Waals surface area contributed by atoms with Crippen LogP contribution in [-0.2, 0) is 0 Å². The fourth-order valence-corrected chi connectivity index (χ4v) is 1.66. The fraction of sp³-hybridized carbons (Fsp3) is 1.00. The maximum absolute atomic E-state index is 6.91. The maximum atomic E-state index is 6.91. The van der Waals surface area contributed by atoms with E-state index in [2.05, 4.69) is 58.1 Å². The first-order valence-corrected chi connectivity index (χ1v) is 9.87. The molecule has 0 amide bonds. The van der Waals surface area contributed by atoms with E-state index >= 15 is 0 Å². The Morgan fingerprint density at radius 1 is 0.444 bits per heavy atom. The first-order chi connectivity index (χ1) is 13.9. The van der Waals surface area contributed by atoms with Crippen LogP contribution in [0.1, 0.15) is 47.3 Å². The van der Waals surface area contributed by atoms with Gasteiger partial charge in [0, 0.05) is 1.37 Å². The fourth-order valence-electron chi connectivity index (χ4n) is 1.66. The summed E-state index contributed by atoms with van der Waals surface area (Å²) in [6.07, 6.45) is 4.85. The van der Waals surface area contributed by atoms with Gasteiger partial charge in [-0.1, -0.05) is 13.3 Å². The van der Waals surface area contributed by atoms with E-state index in [-0.39, 0.29) is 6.90 Å². The van der Waals surface area contributed by atoms with Crippen LogP contribution in [0.25, 0.3) is 0 Å². The molecule has 10 heteroatoms. The average Bonchev–Trinajstić information content (AvgIpc) is 2.71. The van der Waals surface area contributed by atoms with Crippen molar-refractivity contribution in [2.24, 2.45) is 51.1 Å². The highest BCUT2D eigenvalue weighted by Gasteiger charge is 1.87. The molecule has 0 bridgehead atoms. The maximum Gasteiger partial charge on any atom is 0.0812 e. The minimum Gasteiger partial charge on any atom is -0.194 e. The molecule has 0 saturated carbocycles. The van der Waals surface area contributed by atoms with Gasteiger partial charge in [-0.05, 0) is 32.6 Å². The second-order valence-corrected chi connectivity index (χ2v) is 5.56. The Morgan fingerprint density at radius 3 is 1.15 bits per heavy atom. The van der Waals surface area contributed by atoms with Gasteiger partial charge in [0.1, 0.15) is 0 Å². The molecule has 154 valence electrons. The lowest BCUT2D eigenvalue weighted by Crippen LogP contribution is -1.89. The summed E-state index contributed by atoms with van der Waals surface area (Å²) in [5.74, 6) is 0. The molecule has 0 N–H and O–H groups in total. The van der Waals surface area contributed by atoms with E-state index in [4.69, 9.17) is 1.37 Å². The van der Waals surface area contributed by atoms with Crippen molar-refractivity contribution in [2.75, 3.05) is 65.4 Å². The second kappa shape index (κ2) is 24.0. The molecule has 0 radical (unpaired) electrons. The Hall–Kier alpha value is -2.00. The van der Waals surface area contributed by atoms with Gasteiger partial charge in [0.2, 0.25) is 0 Å². The van der Waals surface area contributed by atoms with Crippen LogP contribution in [0.3, 0.4) is 0 Å². The van der Waals surface area contributed by atoms with E-state index in [9.17, 15) is 0 Å². The number of azo groups is 5. The van der Waals surface area contributed by atoms with Crippen LogP contribution in [0, 0.1) is 0 Å². The van der Waals surface area contributed by atoms with E-state index < -0.39 is 0 Å². The van der Waals surface area contributed by atoms with Gasteiger partial charge in [-0.25, -0.2) is 0 Å². The van der Waals surface area contributed by atoms with Crippen molar-refractivity contribution in [2.45, 2.75) is 45.9 Å². The van der Waals surface area contributed by atoms with Gasteiger partial charge in [-0.15, -0.1) is 0 Å². The van der Waals surface area contributed by atoms with Crippen molar-refractivity contribution < 1.29 is 1.37 Å². The predicted molar refractivity (Wildman–Crippen MR) is 107 cm³/mol. The Kier molecular flexibility index (Phi) is 20.5. The molecule has 0 aromatic heterocycles. The number of nitrogens with zero attached hydrogens (tertiary/aromatic N) is 10. The van der Waals surface area contributed by atoms with E-state index in [1.54, 1.807) is 0 Å². The molecule has 0 aliphatic carbocycles. The highest BCUT2D eigenvalue weighted by molar-refractivity contribution is 4.50. The summed E-state index contributed by atoms with van der Waals surface area (Å²) in [4.78, 5) is 0. The molecular weight excluding hydrogens is 344 g/mol. The summed E-state index contributed by atoms with van der Waals surface area (Å²) in [5.41, 5.74) is 0. The summed E-state index contributed by atoms with van der Waals surface area (Å²) in [5, 5.41) is 40.3. The molecule has 0 heterocycles. The van der Waals surface area contributed by atoms with Crippen molar-refractivity contribution in [3.8, 4) is 0 Å². The molecule has 0 aliphatic rings. The highest BCUT2D eigenvalue weighted by atomic mass is 15.1. The van der Waals surface area contributed by atoms with Crippen LogP contribution in [0.4, 0.5) is 0 Å². The minimum absolute atomic E-state index is 0.275. The van der Waals surface area contributed by atoms with Crippen LogP contribution >= 0.6 is 0 Å². The van der Waals surface area contributed by atoms with Crippen molar-refractivity contribution >= 4 is 0 Å². The minimum atomic E-state index is 0.275. The molecule has 10 nitrogen and oxygen atoms in total. The SMILES string of the molecule is [3H]CCN=NCCN=NCCCN=NCCCN=NCCCN=NCCCC. The van der Waals surface area contributed by atoms with Crippen molar-refractivity contribution in [1.29, 1.82) is 0 Å². The summed E-state index contributed by atoms with van der Waals surface area (Å²) in [6.45, 7) is 8.89. The summed E-state index contributed by atoms with van der Waals surface area (Å²) in [7, 11) is 0. The lowest BCUT2D eigenvalue weighted by atomic mass is 10.3. The van der Waals surface area contributed by atoms with Gasteiger partial charge >= 0.3 is 0 Å². The summed E-state index contributed by atoms with van der Waals surface area (Å²) < 4.78 is 6.91. The van der Waals surface area contributed by atoms with Crippen LogP contribution in [0.5, 0.6) is 0 Å². The van der Waals surface area contributed by atoms with E-state index in [0.717, 1.165) is 45.2 Å². The van der Waals surface area contributed by atoms with E-state index in [1.807, 2.05) is 0 Å². The Bertz CT molecular complexity index is 451. The molecule has 0 atom stereocenters. The van der Waals surface area contributed by atoms with Crippen LogP contribution in [0.2, 0.25) is 0 Å². The van der Waals surface area contributed by atoms with Gasteiger partial charge in [-0.3, -0.25) is 0 Å². The highest BCUT2D eigenvalue weighted by Crippen LogP contribution is 1.92. The summed E-state index contributed by atoms with van der Waals surface area (Å²) >= 11 is 0. The van der Waals surface area contributed by atoms with E-state index in [1.165, 1.54) is 0 Å². The number of hydrogen-bond donors (Lipinski definition) is 0. The lowest BCUT2D eigenvalue weighted by molar-refractivity contribution is 0.698. The largest absolute Gasteiger partial charge is 0.194 e. The summed E-state index contributed by atoms with van der Waals surface area (Å²) in [6, 6.07) is 0. The van der Waals surface area contributed by atoms with Gasteiger partial charge in [0.15, 0.2) is 0 Å². The molecular formula is C17H36N10. The van der Waals surface area contributed by atoms with Crippen molar-refractivity contribution in [1.82, 2.24) is 0 Å². The average molecular weight is 383 g/mol. The zero-order chi connectivity index (χ0) is 20.4. The predicted octanol–water partition coefficient (Wildman–Crippen LogP) is 5.24. The van der Waals surface area contributed by atoms with Crippen molar-refractivity contribution in [3.05, 3.63) is 0 Å². The normalized spacial score (nSPS) is 13.3. The monoisotopic (exact) mass is 382 g/mol. The van der Waals surface area contributed by atoms with Gasteiger partial charge in [-0.2, -0.15) is 51.1 Å². The Labute approximate surface area is 164 Å². The standard InChI is InChI=1S/C17H36N10/c1-3-5-9-19-20-10-6-11-21-22-12-7-13-23-24-14-8-15-25-27-17-16-26-18-4-2/h3-17H2,1-2H3/i2T. The zero-order valence-electron chi connectivity index (χ0n) is 17.8. The number of hydrogen-bond acceptors (Lipinski definition) is 10. The molecule has 0 aromatic rings. The molecule has 0 saturated heterocycles. The number of unbranched alkanes of at least 4 members (excludes halogenated alkanes) is 1. The Balaban J connectivity index is 3.30. The molecule has 27 heavy (non-hydrogen) atoms.